The van der Waals surface area contributed by atoms with Crippen LogP contribution >= 0.6 is 11.8 Å². The monoisotopic (exact) mass is 186 g/mol. The van der Waals surface area contributed by atoms with Gasteiger partial charge in [-0.15, -0.1) is 11.8 Å². The number of rotatable bonds is 4. The van der Waals surface area contributed by atoms with Crippen LogP contribution in [0.4, 0.5) is 0 Å². The van der Waals surface area contributed by atoms with Gasteiger partial charge in [-0.1, -0.05) is 0 Å². The van der Waals surface area contributed by atoms with Crippen LogP contribution in [0, 0.1) is 6.92 Å². The second-order valence-corrected chi connectivity index (χ2v) is 3.35. The molecule has 0 amide bonds. The highest BCUT2D eigenvalue weighted by Crippen LogP contribution is 2.11. The van der Waals surface area contributed by atoms with E-state index in [-0.39, 0.29) is 5.75 Å². The molecule has 5 heteroatoms. The fourth-order valence-electron chi connectivity index (χ4n) is 0.768. The van der Waals surface area contributed by atoms with Crippen LogP contribution in [-0.2, 0) is 10.5 Å². The topological polar surface area (TPSA) is 66.0 Å². The van der Waals surface area contributed by atoms with E-state index in [2.05, 4.69) is 9.97 Å². The molecule has 1 aromatic heterocycles. The lowest BCUT2D eigenvalue weighted by molar-refractivity contribution is -0.133. The molecule has 12 heavy (non-hydrogen) atoms. The molecule has 0 saturated heterocycles. The SMILES string of the molecule is Cc1[nH]cnc1CSCC(=O)O. The highest BCUT2D eigenvalue weighted by atomic mass is 32.2. The Balaban J connectivity index is 2.33. The first-order valence-corrected chi connectivity index (χ1v) is 4.64. The largest absolute Gasteiger partial charge is 0.481 e. The maximum absolute atomic E-state index is 10.2. The summed E-state index contributed by atoms with van der Waals surface area (Å²) in [6.07, 6.45) is 1.62. The van der Waals surface area contributed by atoms with E-state index in [9.17, 15) is 4.79 Å². The van der Waals surface area contributed by atoms with E-state index in [0.717, 1.165) is 11.4 Å². The summed E-state index contributed by atoms with van der Waals surface area (Å²) < 4.78 is 0. The van der Waals surface area contributed by atoms with Gasteiger partial charge in [-0.25, -0.2) is 4.98 Å². The summed E-state index contributed by atoms with van der Waals surface area (Å²) in [5, 5.41) is 8.36. The Hall–Kier alpha value is -0.970. The number of thioether (sulfide) groups is 1. The number of aromatic nitrogens is 2. The number of carbonyl (C=O) groups is 1. The molecule has 66 valence electrons. The molecule has 0 bridgehead atoms. The lowest BCUT2D eigenvalue weighted by Crippen LogP contribution is -1.98. The zero-order valence-corrected chi connectivity index (χ0v) is 7.52. The molecular formula is C7H10N2O2S. The van der Waals surface area contributed by atoms with Crippen LogP contribution < -0.4 is 0 Å². The number of imidazole rings is 1. The van der Waals surface area contributed by atoms with Crippen LogP contribution in [0.1, 0.15) is 11.4 Å². The number of hydrogen-bond acceptors (Lipinski definition) is 3. The second kappa shape index (κ2) is 4.15. The number of carboxylic acids is 1. The van der Waals surface area contributed by atoms with Gasteiger partial charge in [0.05, 0.1) is 17.8 Å². The highest BCUT2D eigenvalue weighted by Gasteiger charge is 2.02. The second-order valence-electron chi connectivity index (χ2n) is 2.36. The predicted molar refractivity (Wildman–Crippen MR) is 47.1 cm³/mol. The van der Waals surface area contributed by atoms with Gasteiger partial charge in [-0.2, -0.15) is 0 Å². The van der Waals surface area contributed by atoms with Gasteiger partial charge in [0, 0.05) is 11.4 Å². The van der Waals surface area contributed by atoms with Crippen LogP contribution in [0.15, 0.2) is 6.33 Å². The molecule has 1 aromatic rings. The first-order chi connectivity index (χ1) is 5.70. The number of nitrogens with zero attached hydrogens (tertiary/aromatic N) is 1. The van der Waals surface area contributed by atoms with E-state index >= 15 is 0 Å². The quantitative estimate of drug-likeness (QED) is 0.737. The van der Waals surface area contributed by atoms with Gasteiger partial charge < -0.3 is 10.1 Å². The fourth-order valence-corrected chi connectivity index (χ4v) is 1.53. The third kappa shape index (κ3) is 2.58. The van der Waals surface area contributed by atoms with Gasteiger partial charge in [0.2, 0.25) is 0 Å². The molecule has 0 aliphatic heterocycles. The van der Waals surface area contributed by atoms with Gasteiger partial charge in [-0.3, -0.25) is 4.79 Å². The minimum Gasteiger partial charge on any atom is -0.481 e. The molecule has 0 aliphatic carbocycles. The summed E-state index contributed by atoms with van der Waals surface area (Å²) in [5.74, 6) is 0.00156. The summed E-state index contributed by atoms with van der Waals surface area (Å²) in [6, 6.07) is 0. The van der Waals surface area contributed by atoms with E-state index in [1.54, 1.807) is 6.33 Å². The Bertz CT molecular complexity index is 272. The summed E-state index contributed by atoms with van der Waals surface area (Å²) in [4.78, 5) is 17.1. The summed E-state index contributed by atoms with van der Waals surface area (Å²) >= 11 is 1.35. The molecule has 4 nitrogen and oxygen atoms in total. The summed E-state index contributed by atoms with van der Waals surface area (Å²) in [5.41, 5.74) is 1.94. The van der Waals surface area contributed by atoms with Crippen molar-refractivity contribution >= 4 is 17.7 Å². The minimum atomic E-state index is -0.784. The van der Waals surface area contributed by atoms with E-state index in [1.165, 1.54) is 11.8 Å². The van der Waals surface area contributed by atoms with Gasteiger partial charge in [0.1, 0.15) is 0 Å². The number of carboxylic acid groups (broad SMARTS) is 1. The molecule has 0 unspecified atom stereocenters. The maximum atomic E-state index is 10.2. The molecule has 0 saturated carbocycles. The Kier molecular flexibility index (Phi) is 3.16. The molecule has 0 aliphatic rings. The van der Waals surface area contributed by atoms with Crippen LogP contribution in [0.25, 0.3) is 0 Å². The van der Waals surface area contributed by atoms with Gasteiger partial charge in [0.15, 0.2) is 0 Å². The normalized spacial score (nSPS) is 10.1. The molecule has 2 N–H and O–H groups in total. The van der Waals surface area contributed by atoms with Crippen LogP contribution in [0.5, 0.6) is 0 Å². The van der Waals surface area contributed by atoms with E-state index < -0.39 is 5.97 Å². The van der Waals surface area contributed by atoms with Gasteiger partial charge in [-0.05, 0) is 6.92 Å². The van der Waals surface area contributed by atoms with Crippen molar-refractivity contribution in [1.29, 1.82) is 0 Å². The molecule has 0 atom stereocenters. The average molecular weight is 186 g/mol. The van der Waals surface area contributed by atoms with Crippen molar-refractivity contribution in [3.63, 3.8) is 0 Å². The minimum absolute atomic E-state index is 0.131. The predicted octanol–water partition coefficient (Wildman–Crippen LogP) is 1.04. The Morgan fingerprint density at radius 1 is 1.83 bits per heavy atom. The Labute approximate surface area is 74.4 Å². The van der Waals surface area contributed by atoms with Crippen molar-refractivity contribution in [3.05, 3.63) is 17.7 Å². The molecule has 0 fully saturated rings. The summed E-state index contributed by atoms with van der Waals surface area (Å²) in [6.45, 7) is 1.92. The maximum Gasteiger partial charge on any atom is 0.313 e. The number of aryl methyl sites for hydroxylation is 1. The molecule has 0 radical (unpaired) electrons. The van der Waals surface area contributed by atoms with Crippen LogP contribution in [0.3, 0.4) is 0 Å². The van der Waals surface area contributed by atoms with Crippen molar-refractivity contribution in [2.45, 2.75) is 12.7 Å². The highest BCUT2D eigenvalue weighted by molar-refractivity contribution is 7.99. The van der Waals surface area contributed by atoms with Crippen LogP contribution in [-0.4, -0.2) is 26.8 Å². The lowest BCUT2D eigenvalue weighted by Gasteiger charge is -1.95. The Morgan fingerprint density at radius 3 is 3.08 bits per heavy atom. The fraction of sp³-hybridized carbons (Fsp3) is 0.429. The van der Waals surface area contributed by atoms with Crippen molar-refractivity contribution in [3.8, 4) is 0 Å². The summed E-state index contributed by atoms with van der Waals surface area (Å²) in [7, 11) is 0. The third-order valence-electron chi connectivity index (χ3n) is 1.40. The molecule has 1 rings (SSSR count). The van der Waals surface area contributed by atoms with E-state index in [4.69, 9.17) is 5.11 Å². The number of H-pyrrole nitrogens is 1. The van der Waals surface area contributed by atoms with Gasteiger partial charge >= 0.3 is 5.97 Å². The van der Waals surface area contributed by atoms with E-state index in [1.807, 2.05) is 6.92 Å². The first kappa shape index (κ1) is 9.12. The lowest BCUT2D eigenvalue weighted by atomic mass is 10.4. The van der Waals surface area contributed by atoms with Gasteiger partial charge in [0.25, 0.3) is 0 Å². The Morgan fingerprint density at radius 2 is 2.58 bits per heavy atom. The molecule has 0 spiro atoms. The standard InChI is InChI=1S/C7H10N2O2S/c1-5-6(9-4-8-5)2-12-3-7(10)11/h4H,2-3H2,1H3,(H,8,9)(H,10,11). The van der Waals surface area contributed by atoms with E-state index in [0.29, 0.717) is 5.75 Å². The number of nitrogens with one attached hydrogen (secondary N) is 1. The molecule has 1 heterocycles. The van der Waals surface area contributed by atoms with Crippen molar-refractivity contribution in [2.75, 3.05) is 5.75 Å². The smallest absolute Gasteiger partial charge is 0.313 e. The number of aliphatic carboxylic acids is 1. The third-order valence-corrected chi connectivity index (χ3v) is 2.33. The zero-order valence-electron chi connectivity index (χ0n) is 6.70. The molecule has 0 aromatic carbocycles. The van der Waals surface area contributed by atoms with Crippen molar-refractivity contribution in [1.82, 2.24) is 9.97 Å². The van der Waals surface area contributed by atoms with Crippen LogP contribution in [0.2, 0.25) is 0 Å². The zero-order chi connectivity index (χ0) is 8.97. The first-order valence-electron chi connectivity index (χ1n) is 3.48. The van der Waals surface area contributed by atoms with Crippen molar-refractivity contribution in [2.24, 2.45) is 0 Å². The average Bonchev–Trinajstić information content (AvgIpc) is 2.36. The number of hydrogen-bond donors (Lipinski definition) is 2. The van der Waals surface area contributed by atoms with Crippen molar-refractivity contribution < 1.29 is 9.90 Å². The number of aromatic amines is 1. The molecular weight excluding hydrogens is 176 g/mol.